The molecule has 0 aromatic carbocycles. The van der Waals surface area contributed by atoms with Crippen molar-refractivity contribution in [3.05, 3.63) is 12.1 Å². The molecule has 7 nitrogen and oxygen atoms in total. The SMILES string of the molecule is CC(=O)Nc1ccc(N(C)C2CCS(=O)(=O)C2)nn1. The predicted octanol–water partition coefficient (Wildman–Crippen LogP) is 0.0583. The van der Waals surface area contributed by atoms with Crippen LogP contribution < -0.4 is 10.2 Å². The number of nitrogens with zero attached hydrogens (tertiary/aromatic N) is 3. The van der Waals surface area contributed by atoms with E-state index < -0.39 is 9.84 Å². The fourth-order valence-electron chi connectivity index (χ4n) is 2.03. The fraction of sp³-hybridized carbons (Fsp3) is 0.545. The average Bonchev–Trinajstić information content (AvgIpc) is 2.69. The number of amides is 1. The highest BCUT2D eigenvalue weighted by atomic mass is 32.2. The van der Waals surface area contributed by atoms with Crippen LogP contribution in [0.5, 0.6) is 0 Å². The average molecular weight is 284 g/mol. The van der Waals surface area contributed by atoms with Crippen molar-refractivity contribution >= 4 is 27.4 Å². The second-order valence-corrected chi connectivity index (χ2v) is 6.85. The van der Waals surface area contributed by atoms with Gasteiger partial charge in [0, 0.05) is 20.0 Å². The van der Waals surface area contributed by atoms with Gasteiger partial charge in [0.15, 0.2) is 21.5 Å². The summed E-state index contributed by atoms with van der Waals surface area (Å²) in [6.07, 6.45) is 0.605. The van der Waals surface area contributed by atoms with Crippen molar-refractivity contribution in [2.24, 2.45) is 0 Å². The second kappa shape index (κ2) is 5.12. The Labute approximate surface area is 111 Å². The first-order chi connectivity index (χ1) is 8.87. The first kappa shape index (κ1) is 13.7. The third-order valence-electron chi connectivity index (χ3n) is 3.07. The van der Waals surface area contributed by atoms with E-state index in [-0.39, 0.29) is 23.5 Å². The van der Waals surface area contributed by atoms with Crippen molar-refractivity contribution in [3.8, 4) is 0 Å². The van der Waals surface area contributed by atoms with Crippen LogP contribution in [0.4, 0.5) is 11.6 Å². The second-order valence-electron chi connectivity index (χ2n) is 4.63. The van der Waals surface area contributed by atoms with Crippen LogP contribution in [0.3, 0.4) is 0 Å². The summed E-state index contributed by atoms with van der Waals surface area (Å²) in [5.74, 6) is 1.13. The Kier molecular flexibility index (Phi) is 3.70. The number of carbonyl (C=O) groups is 1. The van der Waals surface area contributed by atoms with Gasteiger partial charge in [0.2, 0.25) is 5.91 Å². The maximum absolute atomic E-state index is 11.4. The Bertz CT molecular complexity index is 570. The van der Waals surface area contributed by atoms with E-state index in [1.807, 2.05) is 4.90 Å². The molecule has 1 N–H and O–H groups in total. The molecule has 1 aromatic heterocycles. The molecular weight excluding hydrogens is 268 g/mol. The van der Waals surface area contributed by atoms with Gasteiger partial charge >= 0.3 is 0 Å². The minimum Gasteiger partial charge on any atom is -0.354 e. The van der Waals surface area contributed by atoms with Gasteiger partial charge < -0.3 is 10.2 Å². The van der Waals surface area contributed by atoms with Gasteiger partial charge in [-0.1, -0.05) is 0 Å². The lowest BCUT2D eigenvalue weighted by molar-refractivity contribution is -0.114. The lowest BCUT2D eigenvalue weighted by Crippen LogP contribution is -2.33. The van der Waals surface area contributed by atoms with E-state index in [0.717, 1.165) is 0 Å². The summed E-state index contributed by atoms with van der Waals surface area (Å²) in [5, 5.41) is 10.4. The van der Waals surface area contributed by atoms with Gasteiger partial charge in [-0.05, 0) is 18.6 Å². The zero-order valence-corrected chi connectivity index (χ0v) is 11.6. The normalized spacial score (nSPS) is 21.1. The molecule has 0 bridgehead atoms. The first-order valence-electron chi connectivity index (χ1n) is 5.92. The molecule has 1 saturated heterocycles. The van der Waals surface area contributed by atoms with Crippen molar-refractivity contribution in [1.82, 2.24) is 10.2 Å². The molecule has 1 unspecified atom stereocenters. The molecule has 1 aliphatic rings. The Morgan fingerprint density at radius 1 is 1.42 bits per heavy atom. The number of rotatable bonds is 3. The summed E-state index contributed by atoms with van der Waals surface area (Å²) in [4.78, 5) is 12.7. The minimum absolute atomic E-state index is 0.0640. The minimum atomic E-state index is -2.92. The van der Waals surface area contributed by atoms with Gasteiger partial charge in [0.25, 0.3) is 0 Å². The molecule has 19 heavy (non-hydrogen) atoms. The van der Waals surface area contributed by atoms with E-state index in [1.54, 1.807) is 19.2 Å². The van der Waals surface area contributed by atoms with Gasteiger partial charge in [-0.15, -0.1) is 10.2 Å². The molecule has 8 heteroatoms. The van der Waals surface area contributed by atoms with Crippen LogP contribution in [0.2, 0.25) is 0 Å². The molecule has 1 amide bonds. The zero-order valence-electron chi connectivity index (χ0n) is 10.8. The maximum Gasteiger partial charge on any atom is 0.222 e. The highest BCUT2D eigenvalue weighted by Crippen LogP contribution is 2.21. The summed E-state index contributed by atoms with van der Waals surface area (Å²) < 4.78 is 22.9. The summed E-state index contributed by atoms with van der Waals surface area (Å²) in [5.41, 5.74) is 0. The molecule has 1 aliphatic heterocycles. The number of sulfone groups is 1. The Morgan fingerprint density at radius 3 is 2.63 bits per heavy atom. The van der Waals surface area contributed by atoms with Crippen LogP contribution in [0.25, 0.3) is 0 Å². The van der Waals surface area contributed by atoms with E-state index in [9.17, 15) is 13.2 Å². The monoisotopic (exact) mass is 284 g/mol. The Hall–Kier alpha value is -1.70. The molecule has 2 heterocycles. The van der Waals surface area contributed by atoms with E-state index in [0.29, 0.717) is 18.1 Å². The summed E-state index contributed by atoms with van der Waals surface area (Å²) >= 11 is 0. The van der Waals surface area contributed by atoms with Gasteiger partial charge in [0.05, 0.1) is 11.5 Å². The molecule has 1 fully saturated rings. The van der Waals surface area contributed by atoms with Crippen LogP contribution in [0.1, 0.15) is 13.3 Å². The highest BCUT2D eigenvalue weighted by Gasteiger charge is 2.31. The van der Waals surface area contributed by atoms with Crippen LogP contribution in [-0.2, 0) is 14.6 Å². The summed E-state index contributed by atoms with van der Waals surface area (Å²) in [6, 6.07) is 3.29. The summed E-state index contributed by atoms with van der Waals surface area (Å²) in [7, 11) is -1.12. The molecule has 0 aliphatic carbocycles. The zero-order chi connectivity index (χ0) is 14.0. The van der Waals surface area contributed by atoms with Crippen molar-refractivity contribution < 1.29 is 13.2 Å². The smallest absolute Gasteiger partial charge is 0.222 e. The van der Waals surface area contributed by atoms with Crippen molar-refractivity contribution in [3.63, 3.8) is 0 Å². The molecule has 2 rings (SSSR count). The van der Waals surface area contributed by atoms with E-state index in [1.165, 1.54) is 6.92 Å². The molecule has 104 valence electrons. The Balaban J connectivity index is 2.08. The number of hydrogen-bond acceptors (Lipinski definition) is 6. The number of aromatic nitrogens is 2. The third kappa shape index (κ3) is 3.40. The maximum atomic E-state index is 11.4. The van der Waals surface area contributed by atoms with Crippen molar-refractivity contribution in [1.29, 1.82) is 0 Å². The molecule has 1 atom stereocenters. The standard InChI is InChI=1S/C11H16N4O3S/c1-8(16)12-10-3-4-11(14-13-10)15(2)9-5-6-19(17,18)7-9/h3-4,9H,5-7H2,1-2H3,(H,12,13,16). The van der Waals surface area contributed by atoms with E-state index in [2.05, 4.69) is 15.5 Å². The lowest BCUT2D eigenvalue weighted by Gasteiger charge is -2.23. The third-order valence-corrected chi connectivity index (χ3v) is 4.82. The van der Waals surface area contributed by atoms with Gasteiger partial charge in [-0.3, -0.25) is 4.79 Å². The van der Waals surface area contributed by atoms with Crippen LogP contribution in [0, 0.1) is 0 Å². The molecule has 1 aromatic rings. The first-order valence-corrected chi connectivity index (χ1v) is 7.74. The lowest BCUT2D eigenvalue weighted by atomic mass is 10.2. The van der Waals surface area contributed by atoms with E-state index in [4.69, 9.17) is 0 Å². The molecule has 0 saturated carbocycles. The van der Waals surface area contributed by atoms with Gasteiger partial charge in [0.1, 0.15) is 0 Å². The van der Waals surface area contributed by atoms with Gasteiger partial charge in [-0.2, -0.15) is 0 Å². The van der Waals surface area contributed by atoms with Crippen LogP contribution in [-0.4, -0.2) is 49.1 Å². The van der Waals surface area contributed by atoms with Crippen LogP contribution in [0.15, 0.2) is 12.1 Å². The highest BCUT2D eigenvalue weighted by molar-refractivity contribution is 7.91. The topological polar surface area (TPSA) is 92.3 Å². The number of nitrogens with one attached hydrogen (secondary N) is 1. The number of anilines is 2. The molecule has 0 spiro atoms. The van der Waals surface area contributed by atoms with Gasteiger partial charge in [-0.25, -0.2) is 8.42 Å². The molecule has 0 radical (unpaired) electrons. The fourth-order valence-corrected chi connectivity index (χ4v) is 3.80. The van der Waals surface area contributed by atoms with Crippen LogP contribution >= 0.6 is 0 Å². The molecular formula is C11H16N4O3S. The Morgan fingerprint density at radius 2 is 2.16 bits per heavy atom. The predicted molar refractivity (Wildman–Crippen MR) is 71.8 cm³/mol. The van der Waals surface area contributed by atoms with Crippen molar-refractivity contribution in [2.45, 2.75) is 19.4 Å². The largest absolute Gasteiger partial charge is 0.354 e. The van der Waals surface area contributed by atoms with E-state index >= 15 is 0 Å². The quantitative estimate of drug-likeness (QED) is 0.843. The number of carbonyl (C=O) groups excluding carboxylic acids is 1. The summed E-state index contributed by atoms with van der Waals surface area (Å²) in [6.45, 7) is 1.39. The van der Waals surface area contributed by atoms with Crippen molar-refractivity contribution in [2.75, 3.05) is 28.8 Å². The number of hydrogen-bond donors (Lipinski definition) is 1.